The maximum Gasteiger partial charge on any atom is 0.305 e. The zero-order chi connectivity index (χ0) is 14.4. The molecule has 1 heterocycles. The highest BCUT2D eigenvalue weighted by Gasteiger charge is 2.16. The van der Waals surface area contributed by atoms with E-state index in [1.165, 1.54) is 12.7 Å². The molecule has 0 saturated heterocycles. The molecule has 5 nitrogen and oxygen atoms in total. The lowest BCUT2D eigenvalue weighted by atomic mass is 9.99. The smallest absolute Gasteiger partial charge is 0.305 e. The fraction of sp³-hybridized carbons (Fsp3) is 0.467. The fourth-order valence-corrected chi connectivity index (χ4v) is 2.33. The van der Waals surface area contributed by atoms with E-state index in [2.05, 4.69) is 21.4 Å². The summed E-state index contributed by atoms with van der Waals surface area (Å²) in [5.74, 6) is -0.348. The van der Waals surface area contributed by atoms with Gasteiger partial charge in [0.15, 0.2) is 0 Å². The van der Waals surface area contributed by atoms with Crippen LogP contribution in [0.1, 0.15) is 35.2 Å². The third-order valence-electron chi connectivity index (χ3n) is 3.39. The Morgan fingerprint density at radius 1 is 1.40 bits per heavy atom. The van der Waals surface area contributed by atoms with Crippen LogP contribution in [-0.4, -0.2) is 32.1 Å². The number of fused-ring (bicyclic) bond motifs is 1. The molecule has 2 rings (SSSR count). The van der Waals surface area contributed by atoms with E-state index in [1.54, 1.807) is 0 Å². The predicted molar refractivity (Wildman–Crippen MR) is 76.8 cm³/mol. The molecule has 1 aliphatic heterocycles. The number of amides is 1. The second-order valence-corrected chi connectivity index (χ2v) is 4.81. The summed E-state index contributed by atoms with van der Waals surface area (Å²) in [7, 11) is 1.36. The van der Waals surface area contributed by atoms with Gasteiger partial charge in [0.2, 0.25) is 0 Å². The highest BCUT2D eigenvalue weighted by atomic mass is 16.5. The molecule has 0 aromatic heterocycles. The Kier molecular flexibility index (Phi) is 4.98. The molecule has 108 valence electrons. The minimum Gasteiger partial charge on any atom is -0.469 e. The van der Waals surface area contributed by atoms with Crippen molar-refractivity contribution in [2.75, 3.05) is 25.5 Å². The summed E-state index contributed by atoms with van der Waals surface area (Å²) in [5.41, 5.74) is 2.82. The first-order chi connectivity index (χ1) is 9.72. The number of rotatable bonds is 5. The molecule has 0 fully saturated rings. The summed E-state index contributed by atoms with van der Waals surface area (Å²) < 4.78 is 4.55. The van der Waals surface area contributed by atoms with Crippen molar-refractivity contribution in [1.82, 2.24) is 5.32 Å². The number of carbonyl (C=O) groups is 2. The van der Waals surface area contributed by atoms with Crippen LogP contribution < -0.4 is 10.6 Å². The Morgan fingerprint density at radius 3 is 3.05 bits per heavy atom. The third-order valence-corrected chi connectivity index (χ3v) is 3.39. The number of benzene rings is 1. The highest BCUT2D eigenvalue weighted by Crippen LogP contribution is 2.25. The molecule has 0 saturated carbocycles. The van der Waals surface area contributed by atoms with Gasteiger partial charge in [0, 0.05) is 19.5 Å². The summed E-state index contributed by atoms with van der Waals surface area (Å²) >= 11 is 0. The molecular formula is C15H20N2O3. The number of aryl methyl sites for hydroxylation is 1. The topological polar surface area (TPSA) is 67.4 Å². The number of ether oxygens (including phenoxy) is 1. The summed E-state index contributed by atoms with van der Waals surface area (Å²) in [6.45, 7) is 1.37. The lowest BCUT2D eigenvalue weighted by Gasteiger charge is -2.20. The summed E-state index contributed by atoms with van der Waals surface area (Å²) in [6.07, 6.45) is 3.01. The van der Waals surface area contributed by atoms with Gasteiger partial charge >= 0.3 is 5.97 Å². The first-order valence-corrected chi connectivity index (χ1v) is 6.93. The van der Waals surface area contributed by atoms with Crippen molar-refractivity contribution >= 4 is 17.6 Å². The minimum absolute atomic E-state index is 0.0962. The van der Waals surface area contributed by atoms with Crippen molar-refractivity contribution < 1.29 is 14.3 Å². The molecule has 0 aliphatic carbocycles. The quantitative estimate of drug-likeness (QED) is 0.635. The van der Waals surface area contributed by atoms with Crippen molar-refractivity contribution in [2.24, 2.45) is 0 Å². The van der Waals surface area contributed by atoms with Gasteiger partial charge < -0.3 is 15.4 Å². The first-order valence-electron chi connectivity index (χ1n) is 6.93. The number of hydrogen-bond acceptors (Lipinski definition) is 4. The van der Waals surface area contributed by atoms with Crippen molar-refractivity contribution in [3.8, 4) is 0 Å². The molecule has 20 heavy (non-hydrogen) atoms. The Balaban J connectivity index is 1.91. The molecule has 0 spiro atoms. The molecule has 2 N–H and O–H groups in total. The van der Waals surface area contributed by atoms with Gasteiger partial charge in [-0.3, -0.25) is 9.59 Å². The number of para-hydroxylation sites is 1. The van der Waals surface area contributed by atoms with Gasteiger partial charge in [0.05, 0.1) is 18.4 Å². The van der Waals surface area contributed by atoms with Crippen LogP contribution in [-0.2, 0) is 16.0 Å². The zero-order valence-electron chi connectivity index (χ0n) is 11.7. The molecule has 1 aromatic rings. The van der Waals surface area contributed by atoms with Crippen molar-refractivity contribution in [3.05, 3.63) is 29.3 Å². The van der Waals surface area contributed by atoms with Crippen LogP contribution >= 0.6 is 0 Å². The number of carbonyl (C=O) groups excluding carboxylic acids is 2. The monoisotopic (exact) mass is 276 g/mol. The van der Waals surface area contributed by atoms with Crippen LogP contribution in [0.3, 0.4) is 0 Å². The van der Waals surface area contributed by atoms with Gasteiger partial charge in [-0.15, -0.1) is 0 Å². The summed E-state index contributed by atoms with van der Waals surface area (Å²) in [4.78, 5) is 23.1. The Bertz CT molecular complexity index is 500. The lowest BCUT2D eigenvalue weighted by Crippen LogP contribution is -2.27. The van der Waals surface area contributed by atoms with E-state index in [9.17, 15) is 9.59 Å². The zero-order valence-corrected chi connectivity index (χ0v) is 11.7. The molecule has 0 radical (unpaired) electrons. The van der Waals surface area contributed by atoms with Gasteiger partial charge in [0.25, 0.3) is 5.91 Å². The number of methoxy groups -OCH3 is 1. The second-order valence-electron chi connectivity index (χ2n) is 4.81. The van der Waals surface area contributed by atoms with Gasteiger partial charge in [0.1, 0.15) is 0 Å². The Hall–Kier alpha value is -2.04. The van der Waals surface area contributed by atoms with Crippen LogP contribution in [0.4, 0.5) is 5.69 Å². The lowest BCUT2D eigenvalue weighted by molar-refractivity contribution is -0.140. The summed E-state index contributed by atoms with van der Waals surface area (Å²) in [5, 5.41) is 6.14. The van der Waals surface area contributed by atoms with Crippen LogP contribution in [0.15, 0.2) is 18.2 Å². The van der Waals surface area contributed by atoms with E-state index in [0.29, 0.717) is 24.9 Å². The van der Waals surface area contributed by atoms with Gasteiger partial charge in [-0.2, -0.15) is 0 Å². The van der Waals surface area contributed by atoms with Crippen molar-refractivity contribution in [2.45, 2.75) is 25.7 Å². The highest BCUT2D eigenvalue weighted by molar-refractivity contribution is 6.00. The van der Waals surface area contributed by atoms with Crippen LogP contribution in [0, 0.1) is 0 Å². The number of esters is 1. The van der Waals surface area contributed by atoms with E-state index in [0.717, 1.165) is 25.1 Å². The molecule has 0 atom stereocenters. The SMILES string of the molecule is COC(=O)CCCNC(=O)c1cccc2c1NCCC2. The van der Waals surface area contributed by atoms with Gasteiger partial charge in [-0.1, -0.05) is 12.1 Å². The van der Waals surface area contributed by atoms with Gasteiger partial charge in [-0.05, 0) is 30.9 Å². The van der Waals surface area contributed by atoms with E-state index in [4.69, 9.17) is 0 Å². The molecule has 0 unspecified atom stereocenters. The van der Waals surface area contributed by atoms with Crippen LogP contribution in [0.25, 0.3) is 0 Å². The first kappa shape index (κ1) is 14.4. The molecule has 1 aliphatic rings. The van der Waals surface area contributed by atoms with Crippen molar-refractivity contribution in [3.63, 3.8) is 0 Å². The number of hydrogen-bond donors (Lipinski definition) is 2. The minimum atomic E-state index is -0.252. The van der Waals surface area contributed by atoms with E-state index < -0.39 is 0 Å². The van der Waals surface area contributed by atoms with Crippen LogP contribution in [0.2, 0.25) is 0 Å². The average molecular weight is 276 g/mol. The maximum absolute atomic E-state index is 12.2. The molecule has 1 aromatic carbocycles. The Morgan fingerprint density at radius 2 is 2.25 bits per heavy atom. The van der Waals surface area contributed by atoms with Crippen molar-refractivity contribution in [1.29, 1.82) is 0 Å². The largest absolute Gasteiger partial charge is 0.469 e. The second kappa shape index (κ2) is 6.93. The normalized spacial score (nSPS) is 13.1. The third kappa shape index (κ3) is 3.50. The molecular weight excluding hydrogens is 256 g/mol. The molecule has 0 bridgehead atoms. The number of anilines is 1. The van der Waals surface area contributed by atoms with Crippen LogP contribution in [0.5, 0.6) is 0 Å². The molecule has 1 amide bonds. The van der Waals surface area contributed by atoms with E-state index in [-0.39, 0.29) is 11.9 Å². The molecule has 5 heteroatoms. The van der Waals surface area contributed by atoms with Gasteiger partial charge in [-0.25, -0.2) is 0 Å². The fourth-order valence-electron chi connectivity index (χ4n) is 2.33. The average Bonchev–Trinajstić information content (AvgIpc) is 2.50. The standard InChI is InChI=1S/C15H20N2O3/c1-20-13(18)8-4-10-17-15(19)12-7-2-5-11-6-3-9-16-14(11)12/h2,5,7,16H,3-4,6,8-10H2,1H3,(H,17,19). The van der Waals surface area contributed by atoms with E-state index >= 15 is 0 Å². The maximum atomic E-state index is 12.2. The van der Waals surface area contributed by atoms with E-state index in [1.807, 2.05) is 12.1 Å². The predicted octanol–water partition coefficient (Wildman–Crippen LogP) is 1.73. The number of nitrogens with one attached hydrogen (secondary N) is 2. The summed E-state index contributed by atoms with van der Waals surface area (Å²) in [6, 6.07) is 5.79. The Labute approximate surface area is 118 Å².